The van der Waals surface area contributed by atoms with Crippen LogP contribution in [0.5, 0.6) is 0 Å². The maximum Gasteiger partial charge on any atom is 0.0420 e. The van der Waals surface area contributed by atoms with Crippen molar-refractivity contribution in [3.63, 3.8) is 0 Å². The second-order valence-corrected chi connectivity index (χ2v) is 9.02. The fourth-order valence-electron chi connectivity index (χ4n) is 4.31. The van der Waals surface area contributed by atoms with Crippen molar-refractivity contribution in [1.82, 2.24) is 0 Å². The molecule has 0 saturated carbocycles. The summed E-state index contributed by atoms with van der Waals surface area (Å²) in [5.74, 6) is 1.28. The molecule has 2 unspecified atom stereocenters. The van der Waals surface area contributed by atoms with E-state index in [1.807, 2.05) is 0 Å². The number of hydrogen-bond donors (Lipinski definition) is 1. The lowest BCUT2D eigenvalue weighted by atomic mass is 9.84. The summed E-state index contributed by atoms with van der Waals surface area (Å²) >= 11 is 0. The molecule has 0 fully saturated rings. The number of anilines is 2. The summed E-state index contributed by atoms with van der Waals surface area (Å²) < 4.78 is 0. The van der Waals surface area contributed by atoms with E-state index in [0.717, 1.165) is 12.3 Å². The van der Waals surface area contributed by atoms with E-state index >= 15 is 0 Å². The van der Waals surface area contributed by atoms with Gasteiger partial charge in [0, 0.05) is 11.4 Å². The van der Waals surface area contributed by atoms with Gasteiger partial charge in [0.1, 0.15) is 0 Å². The Morgan fingerprint density at radius 3 is 1.93 bits per heavy atom. The summed E-state index contributed by atoms with van der Waals surface area (Å²) in [6.07, 6.45) is 3.61. The van der Waals surface area contributed by atoms with E-state index < -0.39 is 0 Å². The first kappa shape index (κ1) is 22.2. The summed E-state index contributed by atoms with van der Waals surface area (Å²) in [5, 5.41) is 3.75. The monoisotopic (exact) mass is 399 g/mol. The van der Waals surface area contributed by atoms with Crippen LogP contribution in [-0.4, -0.2) is 0 Å². The van der Waals surface area contributed by atoms with Gasteiger partial charge in [-0.3, -0.25) is 0 Å². The third kappa shape index (κ3) is 5.53. The van der Waals surface area contributed by atoms with Gasteiger partial charge < -0.3 is 5.32 Å². The third-order valence-corrected chi connectivity index (χ3v) is 6.25. The van der Waals surface area contributed by atoms with E-state index in [0.29, 0.717) is 5.92 Å². The van der Waals surface area contributed by atoms with Crippen LogP contribution in [0.15, 0.2) is 60.7 Å². The molecule has 0 heterocycles. The zero-order valence-electron chi connectivity index (χ0n) is 19.5. The Morgan fingerprint density at radius 1 is 0.700 bits per heavy atom. The van der Waals surface area contributed by atoms with Gasteiger partial charge in [0.25, 0.3) is 0 Å². The normalized spacial score (nSPS) is 13.1. The Balaban J connectivity index is 2.04. The SMILES string of the molecule is CCC(C)CC(CC)c1cc(-c2ccc(C)cc2)ccc1Nc1cc(C)cc(C)c1. The molecule has 0 aromatic heterocycles. The van der Waals surface area contributed by atoms with Gasteiger partial charge in [-0.05, 0) is 97.5 Å². The molecule has 3 aromatic rings. The van der Waals surface area contributed by atoms with Crippen LogP contribution in [0.1, 0.15) is 68.2 Å². The number of nitrogens with one attached hydrogen (secondary N) is 1. The fourth-order valence-corrected chi connectivity index (χ4v) is 4.31. The lowest BCUT2D eigenvalue weighted by molar-refractivity contribution is 0.447. The second-order valence-electron chi connectivity index (χ2n) is 9.02. The largest absolute Gasteiger partial charge is 0.355 e. The minimum absolute atomic E-state index is 0.554. The van der Waals surface area contributed by atoms with Crippen molar-refractivity contribution >= 4 is 11.4 Å². The van der Waals surface area contributed by atoms with Crippen LogP contribution in [-0.2, 0) is 0 Å². The Morgan fingerprint density at radius 2 is 1.33 bits per heavy atom. The van der Waals surface area contributed by atoms with E-state index in [1.165, 1.54) is 57.6 Å². The van der Waals surface area contributed by atoms with Gasteiger partial charge in [-0.25, -0.2) is 0 Å². The van der Waals surface area contributed by atoms with E-state index in [2.05, 4.69) is 108 Å². The highest BCUT2D eigenvalue weighted by atomic mass is 14.9. The maximum absolute atomic E-state index is 3.75. The molecule has 0 radical (unpaired) electrons. The van der Waals surface area contributed by atoms with Crippen molar-refractivity contribution < 1.29 is 0 Å². The van der Waals surface area contributed by atoms with Gasteiger partial charge in [0.05, 0.1) is 0 Å². The lowest BCUT2D eigenvalue weighted by Crippen LogP contribution is -2.07. The van der Waals surface area contributed by atoms with Crippen molar-refractivity contribution in [1.29, 1.82) is 0 Å². The predicted octanol–water partition coefficient (Wildman–Crippen LogP) is 8.95. The average molecular weight is 400 g/mol. The summed E-state index contributed by atoms with van der Waals surface area (Å²) in [5.41, 5.74) is 10.3. The molecule has 0 saturated heterocycles. The molecule has 30 heavy (non-hydrogen) atoms. The Bertz CT molecular complexity index is 948. The first-order chi connectivity index (χ1) is 14.4. The molecule has 0 amide bonds. The van der Waals surface area contributed by atoms with Gasteiger partial charge in [-0.2, -0.15) is 0 Å². The molecule has 0 bridgehead atoms. The summed E-state index contributed by atoms with van der Waals surface area (Å²) in [6.45, 7) is 13.5. The molecule has 158 valence electrons. The number of benzene rings is 3. The topological polar surface area (TPSA) is 12.0 Å². The van der Waals surface area contributed by atoms with Crippen molar-refractivity contribution in [2.75, 3.05) is 5.32 Å². The second kappa shape index (κ2) is 9.98. The zero-order valence-corrected chi connectivity index (χ0v) is 19.5. The van der Waals surface area contributed by atoms with Gasteiger partial charge in [0.15, 0.2) is 0 Å². The van der Waals surface area contributed by atoms with Gasteiger partial charge in [-0.15, -0.1) is 0 Å². The van der Waals surface area contributed by atoms with Gasteiger partial charge in [0.2, 0.25) is 0 Å². The Kier molecular flexibility index (Phi) is 7.37. The van der Waals surface area contributed by atoms with Crippen LogP contribution in [0, 0.1) is 26.7 Å². The average Bonchev–Trinajstić information content (AvgIpc) is 2.72. The Hall–Kier alpha value is -2.54. The van der Waals surface area contributed by atoms with E-state index in [1.54, 1.807) is 0 Å². The Labute approximate surface area is 183 Å². The standard InChI is InChI=1S/C29H37N/c1-7-20(3)16-24(8-2)28-19-26(25-11-9-21(4)10-12-25)13-14-29(28)30-27-17-22(5)15-23(6)18-27/h9-15,17-20,24,30H,7-8,16H2,1-6H3. The molecule has 3 aromatic carbocycles. The van der Waals surface area contributed by atoms with Crippen LogP contribution in [0.3, 0.4) is 0 Å². The first-order valence-corrected chi connectivity index (χ1v) is 11.5. The number of aryl methyl sites for hydroxylation is 3. The highest BCUT2D eigenvalue weighted by Crippen LogP contribution is 2.37. The quantitative estimate of drug-likeness (QED) is 0.398. The van der Waals surface area contributed by atoms with Crippen molar-refractivity contribution in [2.24, 2.45) is 5.92 Å². The van der Waals surface area contributed by atoms with E-state index in [9.17, 15) is 0 Å². The smallest absolute Gasteiger partial charge is 0.0420 e. The van der Waals surface area contributed by atoms with Crippen LogP contribution in [0.25, 0.3) is 11.1 Å². The van der Waals surface area contributed by atoms with Crippen LogP contribution in [0.4, 0.5) is 11.4 Å². The molecule has 1 heteroatoms. The molecular formula is C29H37N. The molecule has 2 atom stereocenters. The third-order valence-electron chi connectivity index (χ3n) is 6.25. The summed E-state index contributed by atoms with van der Waals surface area (Å²) in [7, 11) is 0. The number of hydrogen-bond acceptors (Lipinski definition) is 1. The molecule has 1 nitrogen and oxygen atoms in total. The van der Waals surface area contributed by atoms with Crippen molar-refractivity contribution in [2.45, 2.75) is 66.7 Å². The van der Waals surface area contributed by atoms with Crippen LogP contribution >= 0.6 is 0 Å². The minimum atomic E-state index is 0.554. The van der Waals surface area contributed by atoms with E-state index in [4.69, 9.17) is 0 Å². The first-order valence-electron chi connectivity index (χ1n) is 11.5. The highest BCUT2D eigenvalue weighted by molar-refractivity contribution is 5.72. The van der Waals surface area contributed by atoms with E-state index in [-0.39, 0.29) is 0 Å². The fraction of sp³-hybridized carbons (Fsp3) is 0.379. The maximum atomic E-state index is 3.75. The number of rotatable bonds is 8. The molecule has 0 aliphatic carbocycles. The van der Waals surface area contributed by atoms with Crippen molar-refractivity contribution in [3.8, 4) is 11.1 Å². The molecule has 0 spiro atoms. The summed E-state index contributed by atoms with van der Waals surface area (Å²) in [6, 6.07) is 22.5. The molecule has 0 aliphatic rings. The van der Waals surface area contributed by atoms with Crippen LogP contribution in [0.2, 0.25) is 0 Å². The lowest BCUT2D eigenvalue weighted by Gasteiger charge is -2.24. The van der Waals surface area contributed by atoms with Crippen molar-refractivity contribution in [3.05, 3.63) is 82.9 Å². The zero-order chi connectivity index (χ0) is 21.7. The molecular weight excluding hydrogens is 362 g/mol. The van der Waals surface area contributed by atoms with Gasteiger partial charge >= 0.3 is 0 Å². The molecule has 3 rings (SSSR count). The highest BCUT2D eigenvalue weighted by Gasteiger charge is 2.18. The van der Waals surface area contributed by atoms with Crippen LogP contribution < -0.4 is 5.32 Å². The predicted molar refractivity (Wildman–Crippen MR) is 133 cm³/mol. The van der Waals surface area contributed by atoms with Gasteiger partial charge in [-0.1, -0.05) is 69.2 Å². The molecule has 0 aliphatic heterocycles. The molecule has 1 N–H and O–H groups in total. The minimum Gasteiger partial charge on any atom is -0.355 e. The summed E-state index contributed by atoms with van der Waals surface area (Å²) in [4.78, 5) is 0.